The van der Waals surface area contributed by atoms with Crippen LogP contribution < -0.4 is 16.2 Å². The smallest absolute Gasteiger partial charge is 0.245 e. The third-order valence-electron chi connectivity index (χ3n) is 2.05. The molecule has 0 radical (unpaired) electrons. The molecule has 0 saturated heterocycles. The van der Waals surface area contributed by atoms with Crippen LogP contribution in [0, 0.1) is 6.92 Å². The normalized spacial score (nSPS) is 15.2. The molecule has 2 rings (SSSR count). The summed E-state index contributed by atoms with van der Waals surface area (Å²) in [6, 6.07) is 5.78. The number of rotatable bonds is 0. The molecule has 1 aliphatic heterocycles. The lowest BCUT2D eigenvalue weighted by molar-refractivity contribution is -0.115. The van der Waals surface area contributed by atoms with Crippen molar-refractivity contribution in [3.8, 4) is 0 Å². The summed E-state index contributed by atoms with van der Waals surface area (Å²) in [7, 11) is 0. The number of anilines is 2. The monoisotopic (exact) mass is 177 g/mol. The summed E-state index contributed by atoms with van der Waals surface area (Å²) in [4.78, 5) is 11.1. The van der Waals surface area contributed by atoms with E-state index in [9.17, 15) is 4.79 Å². The molecule has 68 valence electrons. The van der Waals surface area contributed by atoms with Gasteiger partial charge in [0.2, 0.25) is 5.91 Å². The second-order valence-corrected chi connectivity index (χ2v) is 3.20. The van der Waals surface area contributed by atoms with Crippen LogP contribution in [0.2, 0.25) is 0 Å². The van der Waals surface area contributed by atoms with Gasteiger partial charge in [0.15, 0.2) is 0 Å². The molecule has 1 aliphatic rings. The van der Waals surface area contributed by atoms with Crippen molar-refractivity contribution in [2.45, 2.75) is 6.92 Å². The Morgan fingerprint density at radius 1 is 1.54 bits per heavy atom. The zero-order valence-corrected chi connectivity index (χ0v) is 7.37. The van der Waals surface area contributed by atoms with Gasteiger partial charge in [-0.3, -0.25) is 9.80 Å². The van der Waals surface area contributed by atoms with Gasteiger partial charge in [0, 0.05) is 0 Å². The molecule has 0 aliphatic carbocycles. The average Bonchev–Trinajstić information content (AvgIpc) is 2.02. The molecule has 1 aromatic carbocycles. The number of hydrazine groups is 1. The number of amides is 1. The quantitative estimate of drug-likeness (QED) is 0.571. The third kappa shape index (κ3) is 1.36. The van der Waals surface area contributed by atoms with E-state index in [4.69, 9.17) is 5.84 Å². The maximum Gasteiger partial charge on any atom is 0.245 e. The Morgan fingerprint density at radius 2 is 2.31 bits per heavy atom. The standard InChI is InChI=1S/C9H11N3O/c1-6-2-3-8-7(4-6)11-9(13)5-12(8)10/h2-4H,5,10H2,1H3,(H,11,13). The molecule has 1 amide bonds. The van der Waals surface area contributed by atoms with Crippen molar-refractivity contribution >= 4 is 17.3 Å². The highest BCUT2D eigenvalue weighted by Crippen LogP contribution is 2.27. The summed E-state index contributed by atoms with van der Waals surface area (Å²) < 4.78 is 0. The van der Waals surface area contributed by atoms with E-state index >= 15 is 0 Å². The van der Waals surface area contributed by atoms with Crippen molar-refractivity contribution in [2.24, 2.45) is 5.84 Å². The van der Waals surface area contributed by atoms with Crippen LogP contribution in [0.15, 0.2) is 18.2 Å². The maximum absolute atomic E-state index is 11.1. The number of benzene rings is 1. The average molecular weight is 177 g/mol. The Bertz CT molecular complexity index is 362. The van der Waals surface area contributed by atoms with Gasteiger partial charge in [0.05, 0.1) is 11.4 Å². The highest BCUT2D eigenvalue weighted by atomic mass is 16.2. The van der Waals surface area contributed by atoms with E-state index < -0.39 is 0 Å². The fraction of sp³-hybridized carbons (Fsp3) is 0.222. The molecule has 1 heterocycles. The van der Waals surface area contributed by atoms with Gasteiger partial charge in [0.1, 0.15) is 6.54 Å². The molecule has 0 bridgehead atoms. The summed E-state index contributed by atoms with van der Waals surface area (Å²) in [6.07, 6.45) is 0. The molecule has 0 atom stereocenters. The molecule has 4 heteroatoms. The molecule has 13 heavy (non-hydrogen) atoms. The van der Waals surface area contributed by atoms with Crippen molar-refractivity contribution in [1.29, 1.82) is 0 Å². The van der Waals surface area contributed by atoms with Crippen molar-refractivity contribution in [1.82, 2.24) is 0 Å². The lowest BCUT2D eigenvalue weighted by Crippen LogP contribution is -2.42. The number of nitrogens with two attached hydrogens (primary N) is 1. The minimum Gasteiger partial charge on any atom is -0.323 e. The van der Waals surface area contributed by atoms with Crippen LogP contribution in [0.5, 0.6) is 0 Å². The topological polar surface area (TPSA) is 58.4 Å². The lowest BCUT2D eigenvalue weighted by Gasteiger charge is -2.26. The molecule has 1 aromatic rings. The fourth-order valence-electron chi connectivity index (χ4n) is 1.43. The molecule has 0 aromatic heterocycles. The van der Waals surface area contributed by atoms with Gasteiger partial charge >= 0.3 is 0 Å². The maximum atomic E-state index is 11.1. The number of nitrogens with one attached hydrogen (secondary N) is 1. The van der Waals surface area contributed by atoms with Crippen molar-refractivity contribution in [3.05, 3.63) is 23.8 Å². The van der Waals surface area contributed by atoms with Gasteiger partial charge in [0.25, 0.3) is 0 Å². The number of fused-ring (bicyclic) bond motifs is 1. The highest BCUT2D eigenvalue weighted by molar-refractivity contribution is 6.00. The van der Waals surface area contributed by atoms with Crippen LogP contribution in [-0.2, 0) is 4.79 Å². The summed E-state index contributed by atoms with van der Waals surface area (Å²) in [5.74, 6) is 5.59. The first-order valence-electron chi connectivity index (χ1n) is 4.09. The molecule has 0 spiro atoms. The van der Waals surface area contributed by atoms with Gasteiger partial charge in [-0.25, -0.2) is 5.84 Å². The first-order chi connectivity index (χ1) is 6.16. The number of carbonyl (C=O) groups is 1. The summed E-state index contributed by atoms with van der Waals surface area (Å²) in [5, 5.41) is 4.22. The lowest BCUT2D eigenvalue weighted by atomic mass is 10.1. The molecule has 0 fully saturated rings. The molecule has 0 unspecified atom stereocenters. The van der Waals surface area contributed by atoms with Crippen LogP contribution in [0.3, 0.4) is 0 Å². The van der Waals surface area contributed by atoms with Crippen molar-refractivity contribution in [2.75, 3.05) is 16.9 Å². The number of nitrogens with zero attached hydrogens (tertiary/aromatic N) is 1. The first kappa shape index (κ1) is 8.07. The van der Waals surface area contributed by atoms with Crippen molar-refractivity contribution < 1.29 is 4.79 Å². The van der Waals surface area contributed by atoms with Crippen molar-refractivity contribution in [3.63, 3.8) is 0 Å². The van der Waals surface area contributed by atoms with E-state index in [1.54, 1.807) is 0 Å². The second-order valence-electron chi connectivity index (χ2n) is 3.20. The summed E-state index contributed by atoms with van der Waals surface area (Å²) in [5.41, 5.74) is 2.76. The summed E-state index contributed by atoms with van der Waals surface area (Å²) in [6.45, 7) is 2.19. The Hall–Kier alpha value is -1.55. The zero-order chi connectivity index (χ0) is 9.42. The number of carbonyl (C=O) groups excluding carboxylic acids is 1. The Morgan fingerprint density at radius 3 is 3.08 bits per heavy atom. The van der Waals surface area contributed by atoms with E-state index in [1.165, 1.54) is 5.01 Å². The van der Waals surface area contributed by atoms with E-state index in [0.29, 0.717) is 0 Å². The summed E-state index contributed by atoms with van der Waals surface area (Å²) >= 11 is 0. The van der Waals surface area contributed by atoms with E-state index in [0.717, 1.165) is 16.9 Å². The van der Waals surface area contributed by atoms with Crippen LogP contribution in [0.4, 0.5) is 11.4 Å². The SMILES string of the molecule is Cc1ccc2c(c1)NC(=O)CN2N. The van der Waals surface area contributed by atoms with Gasteiger partial charge in [-0.1, -0.05) is 6.07 Å². The van der Waals surface area contributed by atoms with E-state index in [-0.39, 0.29) is 12.5 Å². The Kier molecular flexibility index (Phi) is 1.70. The predicted molar refractivity (Wildman–Crippen MR) is 51.3 cm³/mol. The highest BCUT2D eigenvalue weighted by Gasteiger charge is 2.18. The van der Waals surface area contributed by atoms with Gasteiger partial charge in [-0.2, -0.15) is 0 Å². The zero-order valence-electron chi connectivity index (χ0n) is 7.37. The third-order valence-corrected chi connectivity index (χ3v) is 2.05. The van der Waals surface area contributed by atoms with Crippen LogP contribution in [-0.4, -0.2) is 12.5 Å². The first-order valence-corrected chi connectivity index (χ1v) is 4.09. The van der Waals surface area contributed by atoms with Crippen LogP contribution in [0.25, 0.3) is 0 Å². The Balaban J connectivity index is 2.49. The number of hydrogen-bond donors (Lipinski definition) is 2. The number of aryl methyl sites for hydroxylation is 1. The minimum atomic E-state index is -0.0689. The number of hydrogen-bond acceptors (Lipinski definition) is 3. The van der Waals surface area contributed by atoms with E-state index in [2.05, 4.69) is 5.32 Å². The van der Waals surface area contributed by atoms with Crippen LogP contribution >= 0.6 is 0 Å². The van der Waals surface area contributed by atoms with Gasteiger partial charge < -0.3 is 5.32 Å². The minimum absolute atomic E-state index is 0.0689. The van der Waals surface area contributed by atoms with E-state index in [1.807, 2.05) is 25.1 Å². The van der Waals surface area contributed by atoms with Gasteiger partial charge in [-0.05, 0) is 24.6 Å². The largest absolute Gasteiger partial charge is 0.323 e. The molecule has 3 N–H and O–H groups in total. The molecule has 0 saturated carbocycles. The Labute approximate surface area is 76.3 Å². The fourth-order valence-corrected chi connectivity index (χ4v) is 1.43. The predicted octanol–water partition coefficient (Wildman–Crippen LogP) is 0.627. The molecular weight excluding hydrogens is 166 g/mol. The van der Waals surface area contributed by atoms with Gasteiger partial charge in [-0.15, -0.1) is 0 Å². The molecular formula is C9H11N3O. The van der Waals surface area contributed by atoms with Crippen LogP contribution in [0.1, 0.15) is 5.56 Å². The molecule has 4 nitrogen and oxygen atoms in total. The second kappa shape index (κ2) is 2.74.